The van der Waals surface area contributed by atoms with Crippen LogP contribution in [0.4, 0.5) is 0 Å². The molecular formula is C12H26O. The molecule has 0 aliphatic rings. The molecule has 0 amide bonds. The first-order chi connectivity index (χ1) is 6.07. The fourth-order valence-corrected chi connectivity index (χ4v) is 1.51. The number of hydrogen-bond donors (Lipinski definition) is 1. The molecule has 0 aromatic heterocycles. The zero-order valence-corrected chi connectivity index (χ0v) is 9.71. The van der Waals surface area contributed by atoms with Crippen molar-refractivity contribution < 1.29 is 5.11 Å². The van der Waals surface area contributed by atoms with Gasteiger partial charge < -0.3 is 5.11 Å². The van der Waals surface area contributed by atoms with Crippen molar-refractivity contribution in [3.63, 3.8) is 0 Å². The van der Waals surface area contributed by atoms with Gasteiger partial charge >= 0.3 is 0 Å². The molecule has 80 valence electrons. The summed E-state index contributed by atoms with van der Waals surface area (Å²) in [6, 6.07) is 0. The van der Waals surface area contributed by atoms with Crippen LogP contribution in [0.3, 0.4) is 0 Å². The number of aliphatic hydroxyl groups excluding tert-OH is 1. The van der Waals surface area contributed by atoms with Crippen molar-refractivity contribution in [2.24, 2.45) is 11.8 Å². The summed E-state index contributed by atoms with van der Waals surface area (Å²) in [5, 5.41) is 9.79. The Bertz CT molecular complexity index is 110. The molecule has 0 spiro atoms. The summed E-state index contributed by atoms with van der Waals surface area (Å²) in [6.07, 6.45) is 5.71. The van der Waals surface area contributed by atoms with E-state index in [-0.39, 0.29) is 6.10 Å². The molecule has 0 aliphatic carbocycles. The van der Waals surface area contributed by atoms with Crippen LogP contribution in [0, 0.1) is 11.8 Å². The Balaban J connectivity index is 3.50. The molecule has 2 unspecified atom stereocenters. The van der Waals surface area contributed by atoms with E-state index in [0.29, 0.717) is 11.8 Å². The normalized spacial score (nSPS) is 16.2. The molecule has 1 N–H and O–H groups in total. The van der Waals surface area contributed by atoms with E-state index in [1.807, 2.05) is 0 Å². The quantitative estimate of drug-likeness (QED) is 0.644. The highest BCUT2D eigenvalue weighted by molar-refractivity contribution is 4.65. The van der Waals surface area contributed by atoms with Gasteiger partial charge in [0.25, 0.3) is 0 Å². The van der Waals surface area contributed by atoms with Crippen molar-refractivity contribution in [2.75, 3.05) is 0 Å². The molecule has 0 fully saturated rings. The molecular weight excluding hydrogens is 160 g/mol. The lowest BCUT2D eigenvalue weighted by atomic mass is 9.93. The van der Waals surface area contributed by atoms with Crippen molar-refractivity contribution in [3.05, 3.63) is 0 Å². The Morgan fingerprint density at radius 1 is 1.00 bits per heavy atom. The first-order valence-electron chi connectivity index (χ1n) is 5.76. The fraction of sp³-hybridized carbons (Fsp3) is 1.00. The van der Waals surface area contributed by atoms with E-state index in [0.717, 1.165) is 12.8 Å². The van der Waals surface area contributed by atoms with Crippen LogP contribution in [-0.4, -0.2) is 11.2 Å². The predicted octanol–water partition coefficient (Wildman–Crippen LogP) is 3.61. The van der Waals surface area contributed by atoms with Gasteiger partial charge in [0.15, 0.2) is 0 Å². The number of rotatable bonds is 7. The number of aliphatic hydroxyl groups is 1. The number of hydrogen-bond acceptors (Lipinski definition) is 1. The minimum absolute atomic E-state index is 0.0750. The smallest absolute Gasteiger partial charge is 0.0565 e. The molecule has 0 aromatic carbocycles. The SMILES string of the molecule is CCCCC(C)C(O)CCC(C)C. The van der Waals surface area contributed by atoms with Crippen molar-refractivity contribution in [1.29, 1.82) is 0 Å². The maximum absolute atomic E-state index is 9.79. The van der Waals surface area contributed by atoms with Gasteiger partial charge in [0.05, 0.1) is 6.10 Å². The van der Waals surface area contributed by atoms with Gasteiger partial charge in [-0.3, -0.25) is 0 Å². The lowest BCUT2D eigenvalue weighted by Crippen LogP contribution is -2.18. The Morgan fingerprint density at radius 2 is 1.62 bits per heavy atom. The standard InChI is InChI=1S/C12H26O/c1-5-6-7-11(4)12(13)9-8-10(2)3/h10-13H,5-9H2,1-4H3. The van der Waals surface area contributed by atoms with E-state index in [2.05, 4.69) is 27.7 Å². The van der Waals surface area contributed by atoms with Gasteiger partial charge in [0.2, 0.25) is 0 Å². The predicted molar refractivity (Wildman–Crippen MR) is 58.8 cm³/mol. The van der Waals surface area contributed by atoms with E-state index >= 15 is 0 Å². The molecule has 13 heavy (non-hydrogen) atoms. The molecule has 0 heterocycles. The van der Waals surface area contributed by atoms with Gasteiger partial charge in [-0.25, -0.2) is 0 Å². The molecule has 0 aliphatic heterocycles. The van der Waals surface area contributed by atoms with Crippen LogP contribution >= 0.6 is 0 Å². The minimum Gasteiger partial charge on any atom is -0.393 e. The molecule has 0 rings (SSSR count). The molecule has 0 radical (unpaired) electrons. The summed E-state index contributed by atoms with van der Waals surface area (Å²) < 4.78 is 0. The third-order valence-electron chi connectivity index (χ3n) is 2.71. The summed E-state index contributed by atoms with van der Waals surface area (Å²) in [5.74, 6) is 1.20. The Morgan fingerprint density at radius 3 is 2.08 bits per heavy atom. The van der Waals surface area contributed by atoms with E-state index in [9.17, 15) is 5.11 Å². The van der Waals surface area contributed by atoms with E-state index in [1.54, 1.807) is 0 Å². The van der Waals surface area contributed by atoms with Gasteiger partial charge in [0, 0.05) is 0 Å². The lowest BCUT2D eigenvalue weighted by molar-refractivity contribution is 0.0959. The van der Waals surface area contributed by atoms with Crippen molar-refractivity contribution in [1.82, 2.24) is 0 Å². The largest absolute Gasteiger partial charge is 0.393 e. The second-order valence-electron chi connectivity index (χ2n) is 4.66. The molecule has 0 saturated heterocycles. The van der Waals surface area contributed by atoms with Crippen molar-refractivity contribution in [3.8, 4) is 0 Å². The zero-order chi connectivity index (χ0) is 10.3. The molecule has 0 aromatic rings. The third-order valence-corrected chi connectivity index (χ3v) is 2.71. The summed E-state index contributed by atoms with van der Waals surface area (Å²) >= 11 is 0. The number of unbranched alkanes of at least 4 members (excludes halogenated alkanes) is 1. The minimum atomic E-state index is -0.0750. The maximum atomic E-state index is 9.79. The highest BCUT2D eigenvalue weighted by Crippen LogP contribution is 2.17. The maximum Gasteiger partial charge on any atom is 0.0565 e. The van der Waals surface area contributed by atoms with Gasteiger partial charge in [-0.1, -0.05) is 40.5 Å². The summed E-state index contributed by atoms with van der Waals surface area (Å²) in [5.41, 5.74) is 0. The Labute approximate surface area is 83.5 Å². The molecule has 2 atom stereocenters. The van der Waals surface area contributed by atoms with Gasteiger partial charge in [-0.2, -0.15) is 0 Å². The second kappa shape index (κ2) is 7.37. The first kappa shape index (κ1) is 13.0. The average Bonchev–Trinajstić information content (AvgIpc) is 2.10. The van der Waals surface area contributed by atoms with Crippen LogP contribution in [0.5, 0.6) is 0 Å². The van der Waals surface area contributed by atoms with E-state index in [4.69, 9.17) is 0 Å². The van der Waals surface area contributed by atoms with E-state index in [1.165, 1.54) is 19.3 Å². The highest BCUT2D eigenvalue weighted by Gasteiger charge is 2.13. The van der Waals surface area contributed by atoms with E-state index < -0.39 is 0 Å². The molecule has 1 nitrogen and oxygen atoms in total. The lowest BCUT2D eigenvalue weighted by Gasteiger charge is -2.19. The molecule has 0 bridgehead atoms. The highest BCUT2D eigenvalue weighted by atomic mass is 16.3. The van der Waals surface area contributed by atoms with Gasteiger partial charge in [-0.05, 0) is 31.1 Å². The summed E-state index contributed by atoms with van der Waals surface area (Å²) in [7, 11) is 0. The molecule has 0 saturated carbocycles. The third kappa shape index (κ3) is 7.06. The topological polar surface area (TPSA) is 20.2 Å². The van der Waals surface area contributed by atoms with Gasteiger partial charge in [0.1, 0.15) is 0 Å². The van der Waals surface area contributed by atoms with Crippen LogP contribution in [0.15, 0.2) is 0 Å². The summed E-state index contributed by atoms with van der Waals surface area (Å²) in [6.45, 7) is 8.79. The first-order valence-corrected chi connectivity index (χ1v) is 5.76. The molecule has 1 heteroatoms. The van der Waals surface area contributed by atoms with Crippen LogP contribution in [0.2, 0.25) is 0 Å². The van der Waals surface area contributed by atoms with Crippen molar-refractivity contribution >= 4 is 0 Å². The van der Waals surface area contributed by atoms with Crippen LogP contribution in [0.25, 0.3) is 0 Å². The Hall–Kier alpha value is -0.0400. The summed E-state index contributed by atoms with van der Waals surface area (Å²) in [4.78, 5) is 0. The van der Waals surface area contributed by atoms with Gasteiger partial charge in [-0.15, -0.1) is 0 Å². The average molecular weight is 186 g/mol. The monoisotopic (exact) mass is 186 g/mol. The van der Waals surface area contributed by atoms with Crippen molar-refractivity contribution in [2.45, 2.75) is 65.9 Å². The zero-order valence-electron chi connectivity index (χ0n) is 9.71. The fourth-order valence-electron chi connectivity index (χ4n) is 1.51. The van der Waals surface area contributed by atoms with Crippen LogP contribution in [0.1, 0.15) is 59.8 Å². The van der Waals surface area contributed by atoms with Crippen LogP contribution in [-0.2, 0) is 0 Å². The van der Waals surface area contributed by atoms with Crippen LogP contribution < -0.4 is 0 Å². The Kier molecular flexibility index (Phi) is 7.35. The second-order valence-corrected chi connectivity index (χ2v) is 4.66.